The average Bonchev–Trinajstić information content (AvgIpc) is 2.52. The predicted octanol–water partition coefficient (Wildman–Crippen LogP) is 5.53. The van der Waals surface area contributed by atoms with Crippen LogP contribution in [-0.2, 0) is 17.1 Å². The van der Waals surface area contributed by atoms with Gasteiger partial charge in [0.15, 0.2) is 6.61 Å². The van der Waals surface area contributed by atoms with Crippen molar-refractivity contribution in [3.63, 3.8) is 0 Å². The van der Waals surface area contributed by atoms with Gasteiger partial charge >= 0.3 is 12.4 Å². The van der Waals surface area contributed by atoms with Crippen LogP contribution in [0, 0.1) is 5.82 Å². The second-order valence-electron chi connectivity index (χ2n) is 5.21. The first-order chi connectivity index (χ1) is 12.4. The molecule has 146 valence electrons. The topological polar surface area (TPSA) is 38.3 Å². The van der Waals surface area contributed by atoms with E-state index in [2.05, 4.69) is 0 Å². The number of rotatable bonds is 4. The molecule has 0 radical (unpaired) electrons. The highest BCUT2D eigenvalue weighted by molar-refractivity contribution is 6.32. The Morgan fingerprint density at radius 3 is 2.00 bits per heavy atom. The molecule has 11 heteroatoms. The minimum absolute atomic E-state index is 0.0650. The smallest absolute Gasteiger partial charge is 0.416 e. The number of carbonyl (C=O) groups excluding carboxylic acids is 1. The van der Waals surface area contributed by atoms with Crippen LogP contribution >= 0.6 is 11.6 Å². The standard InChI is InChI=1S/C16H9ClF7NO2/c17-12-6-10(18)1-2-13(12)27-7-14(26)25-11-4-8(15(19,20)21)3-9(5-11)16(22,23)24/h1-6H,7H2,(H,25,26). The summed E-state index contributed by atoms with van der Waals surface area (Å²) in [5.74, 6) is -1.79. The van der Waals surface area contributed by atoms with Gasteiger partial charge in [0.25, 0.3) is 5.91 Å². The molecule has 1 N–H and O–H groups in total. The van der Waals surface area contributed by atoms with E-state index in [1.54, 1.807) is 0 Å². The summed E-state index contributed by atoms with van der Waals surface area (Å²) >= 11 is 5.67. The third kappa shape index (κ3) is 5.75. The molecule has 0 saturated carbocycles. The number of halogens is 8. The largest absolute Gasteiger partial charge is 0.482 e. The molecule has 0 heterocycles. The fourth-order valence-electron chi connectivity index (χ4n) is 1.96. The van der Waals surface area contributed by atoms with Gasteiger partial charge < -0.3 is 10.1 Å². The maximum atomic E-state index is 12.9. The van der Waals surface area contributed by atoms with E-state index in [0.29, 0.717) is 12.1 Å². The second kappa shape index (κ2) is 7.63. The van der Waals surface area contributed by atoms with Crippen molar-refractivity contribution in [2.75, 3.05) is 11.9 Å². The molecule has 0 aliphatic rings. The van der Waals surface area contributed by atoms with Gasteiger partial charge in [0, 0.05) is 5.69 Å². The number of carbonyl (C=O) groups is 1. The summed E-state index contributed by atoms with van der Waals surface area (Å²) in [5.41, 5.74) is -3.86. The van der Waals surface area contributed by atoms with E-state index in [9.17, 15) is 35.5 Å². The van der Waals surface area contributed by atoms with Crippen molar-refractivity contribution < 1.29 is 40.3 Å². The summed E-state index contributed by atoms with van der Waals surface area (Å²) in [5, 5.41) is 1.72. The molecule has 0 atom stereocenters. The maximum absolute atomic E-state index is 12.9. The summed E-state index contributed by atoms with van der Waals surface area (Å²) in [6.45, 7) is -0.775. The number of ether oxygens (including phenoxy) is 1. The monoisotopic (exact) mass is 415 g/mol. The van der Waals surface area contributed by atoms with Crippen LogP contribution in [0.4, 0.5) is 36.4 Å². The van der Waals surface area contributed by atoms with Crippen molar-refractivity contribution in [1.82, 2.24) is 0 Å². The van der Waals surface area contributed by atoms with Gasteiger partial charge in [-0.3, -0.25) is 4.79 Å². The van der Waals surface area contributed by atoms with E-state index in [1.165, 1.54) is 0 Å². The zero-order valence-electron chi connectivity index (χ0n) is 13.0. The lowest BCUT2D eigenvalue weighted by Crippen LogP contribution is -2.21. The molecule has 27 heavy (non-hydrogen) atoms. The van der Waals surface area contributed by atoms with Gasteiger partial charge in [-0.25, -0.2) is 4.39 Å². The molecule has 1 amide bonds. The van der Waals surface area contributed by atoms with E-state index < -0.39 is 47.5 Å². The third-order valence-corrected chi connectivity index (χ3v) is 3.42. The Balaban J connectivity index is 2.16. The van der Waals surface area contributed by atoms with Crippen LogP contribution in [0.3, 0.4) is 0 Å². The second-order valence-corrected chi connectivity index (χ2v) is 5.61. The highest BCUT2D eigenvalue weighted by Crippen LogP contribution is 2.37. The first-order valence-corrected chi connectivity index (χ1v) is 7.41. The van der Waals surface area contributed by atoms with Crippen molar-refractivity contribution in [2.45, 2.75) is 12.4 Å². The van der Waals surface area contributed by atoms with Crippen LogP contribution in [0.15, 0.2) is 36.4 Å². The molecular formula is C16H9ClF7NO2. The summed E-state index contributed by atoms with van der Waals surface area (Å²) in [6, 6.07) is 3.65. The van der Waals surface area contributed by atoms with Gasteiger partial charge in [0.05, 0.1) is 16.1 Å². The highest BCUT2D eigenvalue weighted by Gasteiger charge is 2.37. The van der Waals surface area contributed by atoms with Crippen LogP contribution in [0.1, 0.15) is 11.1 Å². The molecule has 0 bridgehead atoms. The van der Waals surface area contributed by atoms with Crippen molar-refractivity contribution in [3.05, 3.63) is 58.4 Å². The molecule has 0 aliphatic carbocycles. The highest BCUT2D eigenvalue weighted by atomic mass is 35.5. The fraction of sp³-hybridized carbons (Fsp3) is 0.188. The van der Waals surface area contributed by atoms with Crippen LogP contribution in [0.5, 0.6) is 5.75 Å². The van der Waals surface area contributed by atoms with E-state index >= 15 is 0 Å². The Kier molecular flexibility index (Phi) is 5.88. The van der Waals surface area contributed by atoms with Crippen molar-refractivity contribution in [3.8, 4) is 5.75 Å². The van der Waals surface area contributed by atoms with Crippen molar-refractivity contribution in [2.24, 2.45) is 0 Å². The Morgan fingerprint density at radius 1 is 0.963 bits per heavy atom. The lowest BCUT2D eigenvalue weighted by molar-refractivity contribution is -0.143. The van der Waals surface area contributed by atoms with Crippen molar-refractivity contribution in [1.29, 1.82) is 0 Å². The average molecular weight is 416 g/mol. The van der Waals surface area contributed by atoms with Crippen LogP contribution in [-0.4, -0.2) is 12.5 Å². The molecular weight excluding hydrogens is 407 g/mol. The van der Waals surface area contributed by atoms with E-state index in [0.717, 1.165) is 18.2 Å². The number of hydrogen-bond acceptors (Lipinski definition) is 2. The lowest BCUT2D eigenvalue weighted by atomic mass is 10.1. The third-order valence-electron chi connectivity index (χ3n) is 3.12. The van der Waals surface area contributed by atoms with Gasteiger partial charge in [-0.1, -0.05) is 11.6 Å². The molecule has 0 aromatic heterocycles. The first-order valence-electron chi connectivity index (χ1n) is 7.03. The molecule has 2 aromatic carbocycles. The quantitative estimate of drug-likeness (QED) is 0.666. The number of benzene rings is 2. The predicted molar refractivity (Wildman–Crippen MR) is 82.0 cm³/mol. The Morgan fingerprint density at radius 2 is 1.52 bits per heavy atom. The summed E-state index contributed by atoms with van der Waals surface area (Å²) in [7, 11) is 0. The van der Waals surface area contributed by atoms with Crippen LogP contribution < -0.4 is 10.1 Å². The lowest BCUT2D eigenvalue weighted by Gasteiger charge is -2.15. The van der Waals surface area contributed by atoms with E-state index in [1.807, 2.05) is 5.32 Å². The molecule has 0 unspecified atom stereocenters. The van der Waals surface area contributed by atoms with Crippen LogP contribution in [0.25, 0.3) is 0 Å². The molecule has 0 saturated heterocycles. The van der Waals surface area contributed by atoms with Gasteiger partial charge in [-0.2, -0.15) is 26.3 Å². The Labute approximate surface area is 152 Å². The molecule has 0 spiro atoms. The number of nitrogens with one attached hydrogen (secondary N) is 1. The van der Waals surface area contributed by atoms with E-state index in [-0.39, 0.29) is 16.8 Å². The minimum Gasteiger partial charge on any atom is -0.482 e. The van der Waals surface area contributed by atoms with Gasteiger partial charge in [0.1, 0.15) is 11.6 Å². The zero-order valence-corrected chi connectivity index (χ0v) is 13.8. The molecule has 2 aromatic rings. The normalized spacial score (nSPS) is 12.0. The molecule has 0 aliphatic heterocycles. The SMILES string of the molecule is O=C(COc1ccc(F)cc1Cl)Nc1cc(C(F)(F)F)cc(C(F)(F)F)c1. The first kappa shape index (κ1) is 20.8. The van der Waals surface area contributed by atoms with Gasteiger partial charge in [-0.15, -0.1) is 0 Å². The maximum Gasteiger partial charge on any atom is 0.416 e. The number of alkyl halides is 6. The van der Waals surface area contributed by atoms with Gasteiger partial charge in [0.2, 0.25) is 0 Å². The minimum atomic E-state index is -5.04. The Hall–Kier alpha value is -2.49. The zero-order chi connectivity index (χ0) is 20.4. The molecule has 2 rings (SSSR count). The molecule has 3 nitrogen and oxygen atoms in total. The molecule has 0 fully saturated rings. The summed E-state index contributed by atoms with van der Waals surface area (Å²) in [4.78, 5) is 11.8. The number of anilines is 1. The Bertz CT molecular complexity index is 817. The van der Waals surface area contributed by atoms with Crippen LogP contribution in [0.2, 0.25) is 5.02 Å². The van der Waals surface area contributed by atoms with Crippen molar-refractivity contribution >= 4 is 23.2 Å². The van der Waals surface area contributed by atoms with Gasteiger partial charge in [-0.05, 0) is 36.4 Å². The number of hydrogen-bond donors (Lipinski definition) is 1. The number of amides is 1. The fourth-order valence-corrected chi connectivity index (χ4v) is 2.18. The summed E-state index contributed by atoms with van der Waals surface area (Å²) in [6.07, 6.45) is -10.1. The summed E-state index contributed by atoms with van der Waals surface area (Å²) < 4.78 is 94.5. The van der Waals surface area contributed by atoms with E-state index in [4.69, 9.17) is 16.3 Å².